The number of thiol groups is 1. The van der Waals surface area contributed by atoms with Gasteiger partial charge < -0.3 is 9.15 Å². The molecule has 0 saturated carbocycles. The van der Waals surface area contributed by atoms with Crippen LogP contribution in [0.1, 0.15) is 28.7 Å². The zero-order valence-electron chi connectivity index (χ0n) is 18.9. The van der Waals surface area contributed by atoms with Crippen molar-refractivity contribution in [1.29, 1.82) is 0 Å². The number of amides is 1. The van der Waals surface area contributed by atoms with Crippen LogP contribution in [-0.2, 0) is 16.7 Å². The van der Waals surface area contributed by atoms with Crippen LogP contribution in [0.3, 0.4) is 0 Å². The predicted molar refractivity (Wildman–Crippen MR) is 136 cm³/mol. The Morgan fingerprint density at radius 1 is 1.29 bits per heavy atom. The molecule has 3 aromatic rings. The van der Waals surface area contributed by atoms with E-state index in [4.69, 9.17) is 9.15 Å². The Bertz CT molecular complexity index is 1410. The second-order valence-electron chi connectivity index (χ2n) is 7.12. The predicted octanol–water partition coefficient (Wildman–Crippen LogP) is 4.40. The van der Waals surface area contributed by atoms with Crippen LogP contribution in [0.4, 0.5) is 0 Å². The van der Waals surface area contributed by atoms with Crippen LogP contribution >= 0.6 is 12.8 Å². The number of rotatable bonds is 9. The number of carbonyl (C=O) groups is 1. The Morgan fingerprint density at radius 2 is 2.09 bits per heavy atom. The summed E-state index contributed by atoms with van der Waals surface area (Å²) in [6, 6.07) is 11.3. The normalized spacial score (nSPS) is 12.4. The molecular weight excluding hydrogens is 490 g/mol. The zero-order chi connectivity index (χ0) is 25.4. The summed E-state index contributed by atoms with van der Waals surface area (Å²) < 4.78 is 46.0. The minimum atomic E-state index is -4.49. The third-order valence-electron chi connectivity index (χ3n) is 4.75. The van der Waals surface area contributed by atoms with Crippen LogP contribution < -0.4 is 9.46 Å². The van der Waals surface area contributed by atoms with Crippen molar-refractivity contribution < 1.29 is 26.9 Å². The first-order valence-corrected chi connectivity index (χ1v) is 12.1. The summed E-state index contributed by atoms with van der Waals surface area (Å²) in [7, 11) is -3.19. The van der Waals surface area contributed by atoms with Crippen molar-refractivity contribution in [1.82, 2.24) is 9.71 Å². The molecule has 0 fully saturated rings. The molecule has 2 aromatic carbocycles. The fourth-order valence-corrected chi connectivity index (χ4v) is 3.93. The summed E-state index contributed by atoms with van der Waals surface area (Å²) in [6.07, 6.45) is 8.38. The highest BCUT2D eigenvalue weighted by atomic mass is 32.2. The minimum absolute atomic E-state index is 0.0125. The van der Waals surface area contributed by atoms with Crippen molar-refractivity contribution in [3.8, 4) is 17.1 Å². The Balaban J connectivity index is 1.82. The minimum Gasteiger partial charge on any atom is -0.495 e. The third kappa shape index (κ3) is 6.69. The van der Waals surface area contributed by atoms with E-state index in [2.05, 4.69) is 27.5 Å². The van der Waals surface area contributed by atoms with Gasteiger partial charge >= 0.3 is 0 Å². The van der Waals surface area contributed by atoms with E-state index < -0.39 is 10.1 Å². The molecule has 1 amide bonds. The lowest BCUT2D eigenvalue weighted by Crippen LogP contribution is -2.12. The van der Waals surface area contributed by atoms with Gasteiger partial charge in [-0.2, -0.15) is 8.42 Å². The number of carbonyl (C=O) groups excluding carboxylic acids is 1. The lowest BCUT2D eigenvalue weighted by atomic mass is 10.1. The van der Waals surface area contributed by atoms with Gasteiger partial charge in [-0.3, -0.25) is 19.1 Å². The number of nitrogens with one attached hydrogen (secondary N) is 1. The van der Waals surface area contributed by atoms with Crippen LogP contribution in [-0.4, -0.2) is 37.2 Å². The second-order valence-corrected chi connectivity index (χ2v) is 8.74. The number of aromatic nitrogens is 1. The SMILES string of the molecule is C/C=C\C(=C/C=NCc1cccc(C(=O)NS)c1)c1ncc(-c2ccc(OC)c(S(=O)(=O)O)c2)o1. The molecule has 3 rings (SSSR count). The molecule has 0 bridgehead atoms. The van der Waals surface area contributed by atoms with Gasteiger partial charge in [-0.1, -0.05) is 37.1 Å². The Hall–Kier alpha value is -3.67. The van der Waals surface area contributed by atoms with Gasteiger partial charge in [0.15, 0.2) is 5.76 Å². The summed E-state index contributed by atoms with van der Waals surface area (Å²) in [5.41, 5.74) is 2.37. The number of nitrogens with zero attached hydrogens (tertiary/aromatic N) is 2. The van der Waals surface area contributed by atoms with Gasteiger partial charge in [0.2, 0.25) is 5.89 Å². The Morgan fingerprint density at radius 3 is 2.77 bits per heavy atom. The first-order valence-electron chi connectivity index (χ1n) is 10.2. The molecular formula is C24H23N3O6S2. The molecule has 1 aromatic heterocycles. The molecule has 11 heteroatoms. The summed E-state index contributed by atoms with van der Waals surface area (Å²) in [4.78, 5) is 20.0. The van der Waals surface area contributed by atoms with Crippen LogP contribution in [0.2, 0.25) is 0 Å². The molecule has 0 saturated heterocycles. The van der Waals surface area contributed by atoms with E-state index in [1.54, 1.807) is 42.6 Å². The van der Waals surface area contributed by atoms with Crippen molar-refractivity contribution >= 4 is 40.6 Å². The van der Waals surface area contributed by atoms with Crippen molar-refractivity contribution in [2.45, 2.75) is 18.4 Å². The highest BCUT2D eigenvalue weighted by Gasteiger charge is 2.19. The molecule has 0 aliphatic heterocycles. The molecule has 0 unspecified atom stereocenters. The quantitative estimate of drug-likeness (QED) is 0.167. The van der Waals surface area contributed by atoms with Crippen molar-refractivity contribution in [2.75, 3.05) is 7.11 Å². The highest BCUT2D eigenvalue weighted by Crippen LogP contribution is 2.31. The molecule has 182 valence electrons. The first-order chi connectivity index (χ1) is 16.8. The molecule has 35 heavy (non-hydrogen) atoms. The maximum absolute atomic E-state index is 11.7. The van der Waals surface area contributed by atoms with E-state index in [0.717, 1.165) is 5.56 Å². The molecule has 0 aliphatic carbocycles. The largest absolute Gasteiger partial charge is 0.495 e. The Kier molecular flexibility index (Phi) is 8.63. The van der Waals surface area contributed by atoms with Gasteiger partial charge in [-0.15, -0.1) is 0 Å². The summed E-state index contributed by atoms with van der Waals surface area (Å²) in [5, 5.41) is 0. The van der Waals surface area contributed by atoms with E-state index >= 15 is 0 Å². The lowest BCUT2D eigenvalue weighted by molar-refractivity contribution is 0.0985. The lowest BCUT2D eigenvalue weighted by Gasteiger charge is -2.07. The van der Waals surface area contributed by atoms with Gasteiger partial charge in [0.1, 0.15) is 10.6 Å². The summed E-state index contributed by atoms with van der Waals surface area (Å²) in [6.45, 7) is 2.20. The number of allylic oxidation sites excluding steroid dienone is 4. The highest BCUT2D eigenvalue weighted by molar-refractivity contribution is 7.86. The molecule has 2 N–H and O–H groups in total. The van der Waals surface area contributed by atoms with Gasteiger partial charge in [-0.05, 0) is 48.9 Å². The van der Waals surface area contributed by atoms with Crippen LogP contribution in [0.25, 0.3) is 16.9 Å². The fraction of sp³-hybridized carbons (Fsp3) is 0.125. The number of aliphatic imine (C=N–C) groups is 1. The fourth-order valence-electron chi connectivity index (χ4n) is 3.12. The second kappa shape index (κ2) is 11.6. The third-order valence-corrected chi connectivity index (χ3v) is 5.83. The number of hydrogen-bond donors (Lipinski definition) is 3. The van der Waals surface area contributed by atoms with E-state index in [-0.39, 0.29) is 16.6 Å². The van der Waals surface area contributed by atoms with Gasteiger partial charge in [-0.25, -0.2) is 4.98 Å². The van der Waals surface area contributed by atoms with Crippen molar-refractivity contribution in [3.63, 3.8) is 0 Å². The molecule has 0 spiro atoms. The zero-order valence-corrected chi connectivity index (χ0v) is 20.6. The topological polar surface area (TPSA) is 131 Å². The average molecular weight is 514 g/mol. The van der Waals surface area contributed by atoms with Gasteiger partial charge in [0, 0.05) is 22.9 Å². The van der Waals surface area contributed by atoms with E-state index in [1.165, 1.54) is 25.4 Å². The van der Waals surface area contributed by atoms with Gasteiger partial charge in [0.05, 0.1) is 19.9 Å². The molecule has 0 aliphatic rings. The number of hydrogen-bond acceptors (Lipinski definition) is 8. The smallest absolute Gasteiger partial charge is 0.298 e. The van der Waals surface area contributed by atoms with Crippen LogP contribution in [0, 0.1) is 0 Å². The number of ether oxygens (including phenoxy) is 1. The summed E-state index contributed by atoms with van der Waals surface area (Å²) >= 11 is 3.77. The maximum atomic E-state index is 11.7. The van der Waals surface area contributed by atoms with E-state index in [0.29, 0.717) is 34.9 Å². The number of benzene rings is 2. The van der Waals surface area contributed by atoms with E-state index in [9.17, 15) is 17.8 Å². The summed E-state index contributed by atoms with van der Waals surface area (Å²) in [5.74, 6) is 0.313. The monoisotopic (exact) mass is 513 g/mol. The molecule has 1 heterocycles. The Labute approximate surface area is 208 Å². The molecule has 0 atom stereocenters. The molecule has 9 nitrogen and oxygen atoms in total. The van der Waals surface area contributed by atoms with Crippen molar-refractivity contribution in [3.05, 3.63) is 83.9 Å². The number of methoxy groups -OCH3 is 1. The first kappa shape index (κ1) is 25.9. The average Bonchev–Trinajstić information content (AvgIpc) is 3.35. The molecule has 0 radical (unpaired) electrons. The number of oxazole rings is 1. The van der Waals surface area contributed by atoms with Crippen LogP contribution in [0.15, 0.2) is 81.2 Å². The standard InChI is InChI=1S/C24H23N3O6S2/c1-3-5-17(10-11-25-14-16-6-4-7-19(12-16)23(28)27-34)24-26-15-21(33-24)18-8-9-20(32-2)22(13-18)35(29,30)31/h3-13,15,34H,14H2,1-2H3,(H,27,28)(H,29,30,31)/b5-3-,17-10+,25-11?. The van der Waals surface area contributed by atoms with Crippen molar-refractivity contribution in [2.24, 2.45) is 4.99 Å². The maximum Gasteiger partial charge on any atom is 0.298 e. The van der Waals surface area contributed by atoms with Crippen LogP contribution in [0.5, 0.6) is 5.75 Å². The van der Waals surface area contributed by atoms with E-state index in [1.807, 2.05) is 19.1 Å². The van der Waals surface area contributed by atoms with Gasteiger partial charge in [0.25, 0.3) is 16.0 Å².